The summed E-state index contributed by atoms with van der Waals surface area (Å²) in [5.74, 6) is -0.665. The summed E-state index contributed by atoms with van der Waals surface area (Å²) in [5.41, 5.74) is -0.318. The Hall–Kier alpha value is -1.56. The highest BCUT2D eigenvalue weighted by Crippen LogP contribution is 2.47. The van der Waals surface area contributed by atoms with Crippen LogP contribution in [0.3, 0.4) is 0 Å². The number of carboxylic acid groups (broad SMARTS) is 1. The van der Waals surface area contributed by atoms with Crippen LogP contribution in [0.1, 0.15) is 18.4 Å². The topological polar surface area (TPSA) is 66.8 Å². The van der Waals surface area contributed by atoms with Crippen LogP contribution in [-0.4, -0.2) is 36.0 Å². The van der Waals surface area contributed by atoms with Gasteiger partial charge in [0, 0.05) is 18.1 Å². The molecule has 0 atom stereocenters. The Morgan fingerprint density at radius 1 is 1.45 bits per heavy atom. The van der Waals surface area contributed by atoms with Crippen LogP contribution < -0.4 is 4.74 Å². The zero-order valence-electron chi connectivity index (χ0n) is 11.4. The highest BCUT2D eigenvalue weighted by molar-refractivity contribution is 9.10. The maximum Gasteiger partial charge on any atom is 0.319 e. The molecule has 1 aromatic carbocycles. The number of carboxylic acids is 1. The van der Waals surface area contributed by atoms with Gasteiger partial charge in [-0.3, -0.25) is 9.59 Å². The van der Waals surface area contributed by atoms with Crippen molar-refractivity contribution >= 4 is 27.8 Å². The Morgan fingerprint density at radius 3 is 2.60 bits per heavy atom. The molecule has 20 heavy (non-hydrogen) atoms. The minimum absolute atomic E-state index is 0.334. The van der Waals surface area contributed by atoms with E-state index in [1.807, 2.05) is 18.2 Å². The zero-order valence-corrected chi connectivity index (χ0v) is 12.9. The van der Waals surface area contributed by atoms with Crippen molar-refractivity contribution < 1.29 is 19.4 Å². The largest absolute Gasteiger partial charge is 0.497 e. The molecular weight excluding hydrogens is 326 g/mol. The van der Waals surface area contributed by atoms with Crippen LogP contribution in [0, 0.1) is 5.41 Å². The van der Waals surface area contributed by atoms with Crippen molar-refractivity contribution in [2.75, 3.05) is 14.2 Å². The first-order valence-corrected chi connectivity index (χ1v) is 7.01. The van der Waals surface area contributed by atoms with Gasteiger partial charge in [0.15, 0.2) is 0 Å². The summed E-state index contributed by atoms with van der Waals surface area (Å²) in [4.78, 5) is 24.9. The van der Waals surface area contributed by atoms with E-state index in [4.69, 9.17) is 9.84 Å². The molecule has 0 saturated heterocycles. The molecule has 108 valence electrons. The van der Waals surface area contributed by atoms with Gasteiger partial charge in [-0.2, -0.15) is 0 Å². The number of hydrogen-bond acceptors (Lipinski definition) is 3. The van der Waals surface area contributed by atoms with Gasteiger partial charge in [0.05, 0.1) is 7.11 Å². The number of methoxy groups -OCH3 is 1. The van der Waals surface area contributed by atoms with E-state index < -0.39 is 11.4 Å². The number of amides is 1. The fourth-order valence-corrected chi connectivity index (χ4v) is 2.51. The van der Waals surface area contributed by atoms with Crippen LogP contribution in [-0.2, 0) is 16.1 Å². The third kappa shape index (κ3) is 2.65. The molecule has 2 rings (SSSR count). The van der Waals surface area contributed by atoms with E-state index in [1.165, 1.54) is 4.90 Å². The summed E-state index contributed by atoms with van der Waals surface area (Å²) < 4.78 is 6.01. The molecule has 1 N–H and O–H groups in total. The van der Waals surface area contributed by atoms with Crippen molar-refractivity contribution in [1.29, 1.82) is 0 Å². The molecule has 0 unspecified atom stereocenters. The van der Waals surface area contributed by atoms with Crippen molar-refractivity contribution in [3.05, 3.63) is 28.2 Å². The van der Waals surface area contributed by atoms with Gasteiger partial charge in [-0.25, -0.2) is 0 Å². The Bertz CT molecular complexity index is 554. The minimum atomic E-state index is -1.19. The lowest BCUT2D eigenvalue weighted by Crippen LogP contribution is -2.38. The monoisotopic (exact) mass is 341 g/mol. The second-order valence-corrected chi connectivity index (χ2v) is 5.86. The highest BCUT2D eigenvalue weighted by Gasteiger charge is 2.58. The molecule has 1 saturated carbocycles. The average molecular weight is 342 g/mol. The second-order valence-electron chi connectivity index (χ2n) is 5.01. The predicted octanol–water partition coefficient (Wildman–Crippen LogP) is 2.28. The lowest BCUT2D eigenvalue weighted by Gasteiger charge is -2.22. The quantitative estimate of drug-likeness (QED) is 0.834. The molecule has 5 nitrogen and oxygen atoms in total. The Kier molecular flexibility index (Phi) is 4.04. The number of rotatable bonds is 5. The first-order valence-electron chi connectivity index (χ1n) is 6.22. The van der Waals surface area contributed by atoms with Gasteiger partial charge >= 0.3 is 5.97 Å². The van der Waals surface area contributed by atoms with E-state index in [2.05, 4.69) is 15.9 Å². The van der Waals surface area contributed by atoms with Crippen LogP contribution in [0.4, 0.5) is 0 Å². The lowest BCUT2D eigenvalue weighted by molar-refractivity contribution is -0.153. The Morgan fingerprint density at radius 2 is 2.10 bits per heavy atom. The van der Waals surface area contributed by atoms with Crippen molar-refractivity contribution in [3.63, 3.8) is 0 Å². The molecule has 0 bridgehead atoms. The van der Waals surface area contributed by atoms with E-state index >= 15 is 0 Å². The van der Waals surface area contributed by atoms with Gasteiger partial charge in [-0.05, 0) is 36.6 Å². The van der Waals surface area contributed by atoms with Crippen LogP contribution in [0.2, 0.25) is 0 Å². The first kappa shape index (κ1) is 14.8. The maximum absolute atomic E-state index is 12.2. The number of ether oxygens (including phenoxy) is 1. The van der Waals surface area contributed by atoms with E-state index in [0.717, 1.165) is 10.0 Å². The summed E-state index contributed by atoms with van der Waals surface area (Å²) in [7, 11) is 3.20. The highest BCUT2D eigenvalue weighted by atomic mass is 79.9. The van der Waals surface area contributed by atoms with Crippen LogP contribution >= 0.6 is 15.9 Å². The molecule has 0 aliphatic heterocycles. The molecule has 0 spiro atoms. The van der Waals surface area contributed by atoms with Crippen molar-refractivity contribution in [3.8, 4) is 5.75 Å². The lowest BCUT2D eigenvalue weighted by atomic mass is 10.1. The third-order valence-electron chi connectivity index (χ3n) is 3.58. The summed E-state index contributed by atoms with van der Waals surface area (Å²) in [6.07, 6.45) is 0.843. The molecule has 0 aromatic heterocycles. The zero-order chi connectivity index (χ0) is 14.9. The number of benzene rings is 1. The summed E-state index contributed by atoms with van der Waals surface area (Å²) in [6.45, 7) is 0.339. The van der Waals surface area contributed by atoms with Gasteiger partial charge in [-0.15, -0.1) is 0 Å². The normalized spacial score (nSPS) is 15.6. The molecule has 6 heteroatoms. The first-order chi connectivity index (χ1) is 9.40. The predicted molar refractivity (Wildman–Crippen MR) is 76.5 cm³/mol. The van der Waals surface area contributed by atoms with Crippen molar-refractivity contribution in [2.45, 2.75) is 19.4 Å². The summed E-state index contributed by atoms with van der Waals surface area (Å²) >= 11 is 3.42. The number of carbonyl (C=O) groups excluding carboxylic acids is 1. The fraction of sp³-hybridized carbons (Fsp3) is 0.429. The number of halogens is 1. The molecule has 1 aliphatic carbocycles. The Balaban J connectivity index is 2.14. The van der Waals surface area contributed by atoms with E-state index in [9.17, 15) is 9.59 Å². The van der Waals surface area contributed by atoms with E-state index in [0.29, 0.717) is 25.1 Å². The minimum Gasteiger partial charge on any atom is -0.497 e. The fourth-order valence-electron chi connectivity index (χ4n) is 2.14. The molecule has 1 aromatic rings. The van der Waals surface area contributed by atoms with E-state index in [1.54, 1.807) is 14.2 Å². The molecular formula is C14H16BrNO4. The van der Waals surface area contributed by atoms with Crippen LogP contribution in [0.25, 0.3) is 0 Å². The molecule has 1 aliphatic rings. The third-order valence-corrected chi connectivity index (χ3v) is 4.35. The van der Waals surface area contributed by atoms with Gasteiger partial charge in [-0.1, -0.05) is 15.9 Å². The molecule has 0 radical (unpaired) electrons. The smallest absolute Gasteiger partial charge is 0.319 e. The van der Waals surface area contributed by atoms with Gasteiger partial charge < -0.3 is 14.7 Å². The number of nitrogens with zero attached hydrogens (tertiary/aromatic N) is 1. The van der Waals surface area contributed by atoms with Gasteiger partial charge in [0.1, 0.15) is 11.2 Å². The number of hydrogen-bond donors (Lipinski definition) is 1. The van der Waals surface area contributed by atoms with E-state index in [-0.39, 0.29) is 5.91 Å². The number of aliphatic carboxylic acids is 1. The summed E-state index contributed by atoms with van der Waals surface area (Å²) in [5, 5.41) is 9.15. The van der Waals surface area contributed by atoms with Crippen molar-refractivity contribution in [2.24, 2.45) is 5.41 Å². The van der Waals surface area contributed by atoms with Gasteiger partial charge in [0.2, 0.25) is 5.91 Å². The second kappa shape index (κ2) is 5.44. The average Bonchev–Trinajstić information content (AvgIpc) is 3.21. The standard InChI is InChI=1S/C14H16BrNO4/c1-16(12(17)14(5-6-14)13(18)19)8-9-7-10(20-2)3-4-11(9)15/h3-4,7H,5-6,8H2,1-2H3,(H,18,19). The van der Waals surface area contributed by atoms with Gasteiger partial charge in [0.25, 0.3) is 0 Å². The van der Waals surface area contributed by atoms with Crippen LogP contribution in [0.5, 0.6) is 5.75 Å². The Labute approximate surface area is 125 Å². The summed E-state index contributed by atoms with van der Waals surface area (Å²) in [6, 6.07) is 5.49. The number of carbonyl (C=O) groups is 2. The maximum atomic E-state index is 12.2. The molecule has 1 amide bonds. The molecule has 1 fully saturated rings. The van der Waals surface area contributed by atoms with Crippen molar-refractivity contribution in [1.82, 2.24) is 4.90 Å². The SMILES string of the molecule is COc1ccc(Br)c(CN(C)C(=O)C2(C(=O)O)CC2)c1. The van der Waals surface area contributed by atoms with Crippen LogP contribution in [0.15, 0.2) is 22.7 Å². The molecule has 0 heterocycles.